The van der Waals surface area contributed by atoms with E-state index in [9.17, 15) is 4.79 Å². The first-order valence-electron chi connectivity index (χ1n) is 5.84. The highest BCUT2D eigenvalue weighted by Crippen LogP contribution is 2.26. The molecule has 2 aromatic rings. The SMILES string of the molecule is COc1ccc(CCc2cc(C(=O)O)c(N)s2)cc1. The van der Waals surface area contributed by atoms with E-state index in [4.69, 9.17) is 15.6 Å². The van der Waals surface area contributed by atoms with Crippen LogP contribution in [0.25, 0.3) is 0 Å². The minimum absolute atomic E-state index is 0.203. The Labute approximate surface area is 115 Å². The van der Waals surface area contributed by atoms with Crippen LogP contribution in [-0.2, 0) is 12.8 Å². The topological polar surface area (TPSA) is 72.5 Å². The lowest BCUT2D eigenvalue weighted by molar-refractivity contribution is 0.0698. The van der Waals surface area contributed by atoms with Gasteiger partial charge in [-0.2, -0.15) is 0 Å². The molecule has 0 saturated heterocycles. The van der Waals surface area contributed by atoms with Gasteiger partial charge in [0.25, 0.3) is 0 Å². The molecule has 0 amide bonds. The van der Waals surface area contributed by atoms with Gasteiger partial charge in [0.15, 0.2) is 0 Å². The van der Waals surface area contributed by atoms with Crippen LogP contribution in [0.4, 0.5) is 5.00 Å². The van der Waals surface area contributed by atoms with Gasteiger partial charge in [-0.25, -0.2) is 4.79 Å². The fourth-order valence-electron chi connectivity index (χ4n) is 1.81. The number of hydrogen-bond acceptors (Lipinski definition) is 4. The Hall–Kier alpha value is -2.01. The molecule has 1 heterocycles. The lowest BCUT2D eigenvalue weighted by Gasteiger charge is -2.02. The van der Waals surface area contributed by atoms with Gasteiger partial charge in [0.2, 0.25) is 0 Å². The molecule has 1 aromatic heterocycles. The number of aromatic carboxylic acids is 1. The van der Waals surface area contributed by atoms with Crippen LogP contribution in [0.5, 0.6) is 5.75 Å². The molecule has 0 spiro atoms. The van der Waals surface area contributed by atoms with Gasteiger partial charge in [-0.15, -0.1) is 11.3 Å². The number of thiophene rings is 1. The second kappa shape index (κ2) is 5.75. The summed E-state index contributed by atoms with van der Waals surface area (Å²) in [7, 11) is 1.64. The van der Waals surface area contributed by atoms with E-state index in [2.05, 4.69) is 0 Å². The molecule has 5 heteroatoms. The first-order chi connectivity index (χ1) is 9.10. The average Bonchev–Trinajstić information content (AvgIpc) is 2.78. The Kier molecular flexibility index (Phi) is 4.06. The third-order valence-electron chi connectivity index (χ3n) is 2.86. The predicted molar refractivity (Wildman–Crippen MR) is 76.1 cm³/mol. The van der Waals surface area contributed by atoms with Crippen LogP contribution < -0.4 is 10.5 Å². The number of rotatable bonds is 5. The van der Waals surface area contributed by atoms with Crippen molar-refractivity contribution in [3.8, 4) is 5.75 Å². The van der Waals surface area contributed by atoms with Gasteiger partial charge in [0.1, 0.15) is 10.8 Å². The Morgan fingerprint density at radius 3 is 2.53 bits per heavy atom. The number of carboxylic acid groups (broad SMARTS) is 1. The number of methoxy groups -OCH3 is 1. The number of nitrogens with two attached hydrogens (primary N) is 1. The normalized spacial score (nSPS) is 10.4. The van der Waals surface area contributed by atoms with E-state index >= 15 is 0 Å². The van der Waals surface area contributed by atoms with Crippen molar-refractivity contribution in [3.63, 3.8) is 0 Å². The summed E-state index contributed by atoms with van der Waals surface area (Å²) in [4.78, 5) is 11.9. The van der Waals surface area contributed by atoms with Gasteiger partial charge in [-0.1, -0.05) is 12.1 Å². The van der Waals surface area contributed by atoms with Crippen LogP contribution in [0.1, 0.15) is 20.8 Å². The average molecular weight is 277 g/mol. The minimum Gasteiger partial charge on any atom is -0.497 e. The van der Waals surface area contributed by atoms with Crippen LogP contribution in [0.3, 0.4) is 0 Å². The molecule has 3 N–H and O–H groups in total. The largest absolute Gasteiger partial charge is 0.497 e. The molecule has 19 heavy (non-hydrogen) atoms. The maximum atomic E-state index is 10.9. The van der Waals surface area contributed by atoms with Gasteiger partial charge in [0, 0.05) is 4.88 Å². The molecule has 2 rings (SSSR count). The number of anilines is 1. The van der Waals surface area contributed by atoms with E-state index in [1.54, 1.807) is 13.2 Å². The number of carboxylic acids is 1. The summed E-state index contributed by atoms with van der Waals surface area (Å²) in [6.07, 6.45) is 1.64. The summed E-state index contributed by atoms with van der Waals surface area (Å²) in [6, 6.07) is 9.51. The molecule has 0 unspecified atom stereocenters. The van der Waals surface area contributed by atoms with Crippen LogP contribution in [0.2, 0.25) is 0 Å². The molecule has 1 aromatic carbocycles. The first-order valence-corrected chi connectivity index (χ1v) is 6.66. The smallest absolute Gasteiger partial charge is 0.338 e. The zero-order valence-electron chi connectivity index (χ0n) is 10.6. The highest BCUT2D eigenvalue weighted by molar-refractivity contribution is 7.16. The standard InChI is InChI=1S/C14H15NO3S/c1-18-10-5-2-9(3-6-10)4-7-11-8-12(14(16)17)13(15)19-11/h2-3,5-6,8H,4,7,15H2,1H3,(H,16,17). The molecule has 0 fully saturated rings. The zero-order valence-corrected chi connectivity index (χ0v) is 11.4. The summed E-state index contributed by atoms with van der Waals surface area (Å²) >= 11 is 1.34. The van der Waals surface area contributed by atoms with Crippen molar-refractivity contribution in [2.24, 2.45) is 0 Å². The Balaban J connectivity index is 2.01. The van der Waals surface area contributed by atoms with Gasteiger partial charge in [0.05, 0.1) is 12.7 Å². The van der Waals surface area contributed by atoms with Crippen molar-refractivity contribution in [2.45, 2.75) is 12.8 Å². The molecular weight excluding hydrogens is 262 g/mol. The zero-order chi connectivity index (χ0) is 13.8. The highest BCUT2D eigenvalue weighted by Gasteiger charge is 2.12. The van der Waals surface area contributed by atoms with Crippen molar-refractivity contribution in [1.29, 1.82) is 0 Å². The second-order valence-corrected chi connectivity index (χ2v) is 5.31. The number of aryl methyl sites for hydroxylation is 2. The molecular formula is C14H15NO3S. The molecule has 100 valence electrons. The van der Waals surface area contributed by atoms with Crippen LogP contribution >= 0.6 is 11.3 Å². The second-order valence-electron chi connectivity index (χ2n) is 4.14. The fourth-order valence-corrected chi connectivity index (χ4v) is 2.73. The van der Waals surface area contributed by atoms with Crippen molar-refractivity contribution in [1.82, 2.24) is 0 Å². The molecule has 4 nitrogen and oxygen atoms in total. The maximum Gasteiger partial charge on any atom is 0.338 e. The van der Waals surface area contributed by atoms with Gasteiger partial charge < -0.3 is 15.6 Å². The minimum atomic E-state index is -0.968. The fraction of sp³-hybridized carbons (Fsp3) is 0.214. The summed E-state index contributed by atoms with van der Waals surface area (Å²) in [6.45, 7) is 0. The van der Waals surface area contributed by atoms with E-state index in [1.165, 1.54) is 16.9 Å². The van der Waals surface area contributed by atoms with Gasteiger partial charge >= 0.3 is 5.97 Å². The van der Waals surface area contributed by atoms with Crippen molar-refractivity contribution < 1.29 is 14.6 Å². The molecule has 0 aliphatic rings. The quantitative estimate of drug-likeness (QED) is 0.881. The van der Waals surface area contributed by atoms with Gasteiger partial charge in [-0.05, 0) is 36.6 Å². The highest BCUT2D eigenvalue weighted by atomic mass is 32.1. The third-order valence-corrected chi connectivity index (χ3v) is 3.89. The molecule has 0 bridgehead atoms. The first kappa shape index (κ1) is 13.4. The molecule has 0 saturated carbocycles. The van der Waals surface area contributed by atoms with Crippen LogP contribution in [0, 0.1) is 0 Å². The molecule has 0 radical (unpaired) electrons. The Morgan fingerprint density at radius 2 is 2.00 bits per heavy atom. The van der Waals surface area contributed by atoms with E-state index in [0.29, 0.717) is 5.00 Å². The van der Waals surface area contributed by atoms with Crippen molar-refractivity contribution >= 4 is 22.3 Å². The van der Waals surface area contributed by atoms with E-state index < -0.39 is 5.97 Å². The lowest BCUT2D eigenvalue weighted by Crippen LogP contribution is -1.97. The van der Waals surface area contributed by atoms with E-state index in [0.717, 1.165) is 23.5 Å². The Morgan fingerprint density at radius 1 is 1.32 bits per heavy atom. The summed E-state index contributed by atoms with van der Waals surface area (Å²) in [5.74, 6) is -0.137. The molecule has 0 aliphatic heterocycles. The molecule has 0 aliphatic carbocycles. The number of benzene rings is 1. The van der Waals surface area contributed by atoms with E-state index in [1.807, 2.05) is 24.3 Å². The number of carbonyl (C=O) groups is 1. The predicted octanol–water partition coefficient (Wildman–Crippen LogP) is 2.82. The van der Waals surface area contributed by atoms with E-state index in [-0.39, 0.29) is 5.56 Å². The summed E-state index contributed by atoms with van der Waals surface area (Å²) in [5.41, 5.74) is 7.06. The van der Waals surface area contributed by atoms with Crippen molar-refractivity contribution in [3.05, 3.63) is 46.3 Å². The lowest BCUT2D eigenvalue weighted by atomic mass is 10.1. The Bertz CT molecular complexity index is 575. The number of hydrogen-bond donors (Lipinski definition) is 2. The number of ether oxygens (including phenoxy) is 1. The number of nitrogen functional groups attached to an aromatic ring is 1. The monoisotopic (exact) mass is 277 g/mol. The van der Waals surface area contributed by atoms with Gasteiger partial charge in [-0.3, -0.25) is 0 Å². The maximum absolute atomic E-state index is 10.9. The third kappa shape index (κ3) is 3.26. The molecule has 0 atom stereocenters. The summed E-state index contributed by atoms with van der Waals surface area (Å²) < 4.78 is 5.10. The van der Waals surface area contributed by atoms with Crippen LogP contribution in [-0.4, -0.2) is 18.2 Å². The van der Waals surface area contributed by atoms with Crippen LogP contribution in [0.15, 0.2) is 30.3 Å². The van der Waals surface area contributed by atoms with Crippen molar-refractivity contribution in [2.75, 3.05) is 12.8 Å². The summed E-state index contributed by atoms with van der Waals surface area (Å²) in [5, 5.41) is 9.31.